The largest absolute Gasteiger partial charge is 0.493 e. The Hall–Kier alpha value is -0.580. The van der Waals surface area contributed by atoms with Crippen LogP contribution in [0.1, 0.15) is 24.8 Å². The molecule has 0 spiro atoms. The van der Waals surface area contributed by atoms with E-state index in [4.69, 9.17) is 4.74 Å². The highest BCUT2D eigenvalue weighted by molar-refractivity contribution is 9.10. The van der Waals surface area contributed by atoms with Crippen LogP contribution in [-0.2, 0) is 0 Å². The molecule has 2 fully saturated rings. The van der Waals surface area contributed by atoms with E-state index in [0.717, 1.165) is 41.9 Å². The summed E-state index contributed by atoms with van der Waals surface area (Å²) in [4.78, 5) is 2.59. The average Bonchev–Trinajstić information content (AvgIpc) is 2.78. The molecule has 0 saturated carbocycles. The number of ether oxygens (including phenoxy) is 1. The van der Waals surface area contributed by atoms with Crippen LogP contribution in [0.2, 0.25) is 0 Å². The maximum Gasteiger partial charge on any atom is 0.123 e. The topological polar surface area (TPSA) is 24.5 Å². The Morgan fingerprint density at radius 3 is 2.80 bits per heavy atom. The van der Waals surface area contributed by atoms with Crippen molar-refractivity contribution in [1.29, 1.82) is 0 Å². The van der Waals surface area contributed by atoms with Gasteiger partial charge in [-0.1, -0.05) is 22.0 Å². The van der Waals surface area contributed by atoms with Gasteiger partial charge in [0, 0.05) is 41.8 Å². The lowest BCUT2D eigenvalue weighted by molar-refractivity contribution is 0.180. The molecule has 1 N–H and O–H groups in total. The van der Waals surface area contributed by atoms with Crippen molar-refractivity contribution in [3.8, 4) is 5.75 Å². The molecule has 4 heteroatoms. The minimum Gasteiger partial charge on any atom is -0.493 e. The maximum atomic E-state index is 5.91. The van der Waals surface area contributed by atoms with Gasteiger partial charge < -0.3 is 15.0 Å². The minimum atomic E-state index is 0.738. The van der Waals surface area contributed by atoms with Crippen molar-refractivity contribution in [3.05, 3.63) is 28.2 Å². The van der Waals surface area contributed by atoms with Gasteiger partial charge in [-0.2, -0.15) is 0 Å². The number of hydrogen-bond acceptors (Lipinski definition) is 3. The van der Waals surface area contributed by atoms with E-state index >= 15 is 0 Å². The van der Waals surface area contributed by atoms with Crippen LogP contribution in [0.4, 0.5) is 0 Å². The second-order valence-corrected chi connectivity index (χ2v) is 6.82. The van der Waals surface area contributed by atoms with Crippen LogP contribution in [0.25, 0.3) is 0 Å². The average molecular weight is 339 g/mol. The van der Waals surface area contributed by atoms with Crippen molar-refractivity contribution in [1.82, 2.24) is 10.2 Å². The molecular weight excluding hydrogens is 316 g/mol. The van der Waals surface area contributed by atoms with E-state index in [9.17, 15) is 0 Å². The van der Waals surface area contributed by atoms with E-state index < -0.39 is 0 Å². The fraction of sp³-hybridized carbons (Fsp3) is 0.625. The number of piperazine rings is 1. The number of rotatable bonds is 5. The first kappa shape index (κ1) is 14.4. The Balaban J connectivity index is 1.41. The molecule has 2 heterocycles. The zero-order valence-corrected chi connectivity index (χ0v) is 13.7. The van der Waals surface area contributed by atoms with Crippen LogP contribution in [-0.4, -0.2) is 43.2 Å². The summed E-state index contributed by atoms with van der Waals surface area (Å²) in [6, 6.07) is 7.61. The Kier molecular flexibility index (Phi) is 4.64. The van der Waals surface area contributed by atoms with E-state index in [1.165, 1.54) is 31.5 Å². The summed E-state index contributed by atoms with van der Waals surface area (Å²) >= 11 is 3.54. The first-order valence-electron chi connectivity index (χ1n) is 7.58. The number of likely N-dealkylation sites (tertiary alicyclic amines) is 1. The van der Waals surface area contributed by atoms with Gasteiger partial charge in [-0.05, 0) is 38.3 Å². The molecular formula is C16H23BrN2O. The van der Waals surface area contributed by atoms with Crippen molar-refractivity contribution in [2.45, 2.75) is 38.3 Å². The number of nitrogens with one attached hydrogen (secondary N) is 1. The number of nitrogens with zero attached hydrogens (tertiary/aromatic N) is 1. The molecule has 2 aliphatic heterocycles. The standard InChI is InChI=1S/C16H23BrN2O/c1-12-15(17)4-2-5-16(12)20-9-3-8-19-10-13-6-7-14(11-19)18-13/h2,4-5,13-14,18H,3,6-11H2,1H3. The van der Waals surface area contributed by atoms with Gasteiger partial charge >= 0.3 is 0 Å². The smallest absolute Gasteiger partial charge is 0.123 e. The third kappa shape index (κ3) is 3.35. The molecule has 0 radical (unpaired) electrons. The number of fused-ring (bicyclic) bond motifs is 2. The zero-order chi connectivity index (χ0) is 13.9. The molecule has 2 atom stereocenters. The number of hydrogen-bond donors (Lipinski definition) is 1. The summed E-state index contributed by atoms with van der Waals surface area (Å²) in [7, 11) is 0. The quantitative estimate of drug-likeness (QED) is 0.835. The third-order valence-corrected chi connectivity index (χ3v) is 5.25. The fourth-order valence-corrected chi connectivity index (χ4v) is 3.63. The van der Waals surface area contributed by atoms with Gasteiger partial charge in [0.1, 0.15) is 5.75 Å². The summed E-state index contributed by atoms with van der Waals surface area (Å²) in [5, 5.41) is 3.67. The van der Waals surface area contributed by atoms with E-state index in [0.29, 0.717) is 0 Å². The molecule has 2 aliphatic rings. The highest BCUT2D eigenvalue weighted by Gasteiger charge is 2.31. The molecule has 2 bridgehead atoms. The SMILES string of the molecule is Cc1c(Br)cccc1OCCCN1CC2CCC(C1)N2. The third-order valence-electron chi connectivity index (χ3n) is 4.39. The molecule has 3 nitrogen and oxygen atoms in total. The van der Waals surface area contributed by atoms with Gasteiger partial charge in [-0.3, -0.25) is 0 Å². The van der Waals surface area contributed by atoms with Crippen LogP contribution in [0.3, 0.4) is 0 Å². The Labute approximate surface area is 129 Å². The van der Waals surface area contributed by atoms with Crippen LogP contribution in [0, 0.1) is 6.92 Å². The van der Waals surface area contributed by atoms with Crippen LogP contribution < -0.4 is 10.1 Å². The summed E-state index contributed by atoms with van der Waals surface area (Å²) in [5.74, 6) is 1.000. The normalized spacial score (nSPS) is 25.9. The number of halogens is 1. The van der Waals surface area contributed by atoms with Gasteiger partial charge in [0.2, 0.25) is 0 Å². The minimum absolute atomic E-state index is 0.738. The van der Waals surface area contributed by atoms with E-state index in [1.54, 1.807) is 0 Å². The first-order valence-corrected chi connectivity index (χ1v) is 8.38. The second kappa shape index (κ2) is 6.46. The monoisotopic (exact) mass is 338 g/mol. The Morgan fingerprint density at radius 1 is 1.30 bits per heavy atom. The van der Waals surface area contributed by atoms with E-state index in [1.807, 2.05) is 12.1 Å². The predicted octanol–water partition coefficient (Wildman–Crippen LogP) is 2.96. The maximum absolute atomic E-state index is 5.91. The van der Waals surface area contributed by atoms with E-state index in [2.05, 4.69) is 39.1 Å². The molecule has 0 aliphatic carbocycles. The van der Waals surface area contributed by atoms with Gasteiger partial charge in [0.05, 0.1) is 6.61 Å². The molecule has 1 aromatic carbocycles. The molecule has 3 rings (SSSR count). The van der Waals surface area contributed by atoms with E-state index in [-0.39, 0.29) is 0 Å². The van der Waals surface area contributed by atoms with Crippen LogP contribution in [0.15, 0.2) is 22.7 Å². The van der Waals surface area contributed by atoms with Crippen molar-refractivity contribution in [2.75, 3.05) is 26.2 Å². The second-order valence-electron chi connectivity index (χ2n) is 5.96. The molecule has 0 aromatic heterocycles. The fourth-order valence-electron chi connectivity index (χ4n) is 3.29. The van der Waals surface area contributed by atoms with Crippen molar-refractivity contribution in [3.63, 3.8) is 0 Å². The van der Waals surface area contributed by atoms with Crippen molar-refractivity contribution in [2.24, 2.45) is 0 Å². The molecule has 2 saturated heterocycles. The Bertz CT molecular complexity index is 454. The molecule has 20 heavy (non-hydrogen) atoms. The summed E-state index contributed by atoms with van der Waals surface area (Å²) in [5.41, 5.74) is 1.19. The van der Waals surface area contributed by atoms with Gasteiger partial charge in [-0.15, -0.1) is 0 Å². The van der Waals surface area contributed by atoms with Gasteiger partial charge in [0.15, 0.2) is 0 Å². The van der Waals surface area contributed by atoms with Gasteiger partial charge in [-0.25, -0.2) is 0 Å². The van der Waals surface area contributed by atoms with Crippen molar-refractivity contribution < 1.29 is 4.74 Å². The first-order chi connectivity index (χ1) is 9.72. The highest BCUT2D eigenvalue weighted by Crippen LogP contribution is 2.25. The lowest BCUT2D eigenvalue weighted by atomic mass is 10.2. The molecule has 1 aromatic rings. The van der Waals surface area contributed by atoms with Crippen LogP contribution >= 0.6 is 15.9 Å². The summed E-state index contributed by atoms with van der Waals surface area (Å²) in [6.07, 6.45) is 3.81. The number of benzene rings is 1. The summed E-state index contributed by atoms with van der Waals surface area (Å²) < 4.78 is 7.02. The van der Waals surface area contributed by atoms with Gasteiger partial charge in [0.25, 0.3) is 0 Å². The summed E-state index contributed by atoms with van der Waals surface area (Å²) in [6.45, 7) is 6.48. The van der Waals surface area contributed by atoms with Crippen LogP contribution in [0.5, 0.6) is 5.75 Å². The molecule has 2 unspecified atom stereocenters. The molecule has 0 amide bonds. The lowest BCUT2D eigenvalue weighted by Gasteiger charge is -2.32. The predicted molar refractivity (Wildman–Crippen MR) is 85.4 cm³/mol. The highest BCUT2D eigenvalue weighted by atomic mass is 79.9. The van der Waals surface area contributed by atoms with Crippen molar-refractivity contribution >= 4 is 15.9 Å². The lowest BCUT2D eigenvalue weighted by Crippen LogP contribution is -2.51. The zero-order valence-electron chi connectivity index (χ0n) is 12.1. The molecule has 110 valence electrons. The Morgan fingerprint density at radius 2 is 2.05 bits per heavy atom.